The number of amides is 2. The topological polar surface area (TPSA) is 58.6 Å². The average molecular weight is 297 g/mol. The van der Waals surface area contributed by atoms with Crippen molar-refractivity contribution in [3.63, 3.8) is 0 Å². The highest BCUT2D eigenvalue weighted by Gasteiger charge is 2.26. The molecule has 6 heteroatoms. The number of benzene rings is 1. The number of carbonyl (C=O) groups is 2. The van der Waals surface area contributed by atoms with Crippen molar-refractivity contribution in [2.75, 3.05) is 19.0 Å². The van der Waals surface area contributed by atoms with Crippen LogP contribution in [0.1, 0.15) is 12.0 Å². The summed E-state index contributed by atoms with van der Waals surface area (Å²) in [6.07, 6.45) is 0.266. The van der Waals surface area contributed by atoms with E-state index in [1.54, 1.807) is 4.90 Å². The molecule has 0 unspecified atom stereocenters. The van der Waals surface area contributed by atoms with Crippen molar-refractivity contribution in [2.45, 2.75) is 19.1 Å². The van der Waals surface area contributed by atoms with E-state index < -0.39 is 6.09 Å². The summed E-state index contributed by atoms with van der Waals surface area (Å²) in [6.45, 7) is 1.35. The van der Waals surface area contributed by atoms with Crippen LogP contribution in [0.3, 0.4) is 0 Å². The number of ether oxygens (including phenoxy) is 1. The van der Waals surface area contributed by atoms with E-state index in [9.17, 15) is 9.59 Å². The number of likely N-dealkylation sites (tertiary alicyclic amines) is 1. The lowest BCUT2D eigenvalue weighted by Crippen LogP contribution is -2.39. The van der Waals surface area contributed by atoms with Gasteiger partial charge in [-0.2, -0.15) is 0 Å². The smallest absolute Gasteiger partial charge is 0.407 e. The molecule has 1 aromatic rings. The molecule has 0 bridgehead atoms. The van der Waals surface area contributed by atoms with E-state index in [1.165, 1.54) is 0 Å². The van der Waals surface area contributed by atoms with Crippen LogP contribution in [-0.2, 0) is 16.1 Å². The Morgan fingerprint density at radius 1 is 1.35 bits per heavy atom. The molecule has 0 saturated carbocycles. The van der Waals surface area contributed by atoms with Crippen molar-refractivity contribution < 1.29 is 14.3 Å². The van der Waals surface area contributed by atoms with Crippen LogP contribution >= 0.6 is 11.6 Å². The Balaban J connectivity index is 1.72. The quantitative estimate of drug-likeness (QED) is 0.861. The number of carbonyl (C=O) groups excluding carboxylic acids is 2. The first-order valence-electron chi connectivity index (χ1n) is 6.50. The van der Waals surface area contributed by atoms with Crippen LogP contribution in [0.15, 0.2) is 30.3 Å². The molecular formula is C14H17ClN2O3. The third kappa shape index (κ3) is 4.13. The number of alkyl halides is 1. The van der Waals surface area contributed by atoms with E-state index in [4.69, 9.17) is 16.3 Å². The first-order chi connectivity index (χ1) is 9.69. The summed E-state index contributed by atoms with van der Waals surface area (Å²) >= 11 is 5.50. The molecule has 0 radical (unpaired) electrons. The maximum atomic E-state index is 11.7. The molecule has 2 amide bonds. The Morgan fingerprint density at radius 2 is 2.10 bits per heavy atom. The fraction of sp³-hybridized carbons (Fsp3) is 0.429. The molecule has 1 aliphatic heterocycles. The summed E-state index contributed by atoms with van der Waals surface area (Å²) in [5, 5.41) is 2.76. The zero-order valence-electron chi connectivity index (χ0n) is 11.0. The summed E-state index contributed by atoms with van der Waals surface area (Å²) in [7, 11) is 0. The predicted molar refractivity (Wildman–Crippen MR) is 75.5 cm³/mol. The summed E-state index contributed by atoms with van der Waals surface area (Å²) in [5.41, 5.74) is 0.938. The summed E-state index contributed by atoms with van der Waals surface area (Å²) in [6, 6.07) is 9.41. The molecule has 1 aliphatic rings. The minimum atomic E-state index is -0.459. The zero-order chi connectivity index (χ0) is 14.4. The molecule has 1 aromatic carbocycles. The van der Waals surface area contributed by atoms with E-state index in [1.807, 2.05) is 30.3 Å². The van der Waals surface area contributed by atoms with Crippen molar-refractivity contribution >= 4 is 23.6 Å². The zero-order valence-corrected chi connectivity index (χ0v) is 11.8. The normalized spacial score (nSPS) is 17.9. The standard InChI is InChI=1S/C14H17ClN2O3/c15-8-13(18)17-7-6-12(9-17)16-14(19)20-10-11-4-2-1-3-5-11/h1-5,12H,6-10H2,(H,16,19)/t12-/m0/s1. The van der Waals surface area contributed by atoms with Crippen molar-refractivity contribution in [3.05, 3.63) is 35.9 Å². The van der Waals surface area contributed by atoms with Crippen molar-refractivity contribution in [2.24, 2.45) is 0 Å². The molecule has 108 valence electrons. The summed E-state index contributed by atoms with van der Waals surface area (Å²) in [4.78, 5) is 24.7. The summed E-state index contributed by atoms with van der Waals surface area (Å²) in [5.74, 6) is -0.126. The minimum absolute atomic E-state index is 0.0226. The van der Waals surface area contributed by atoms with Gasteiger partial charge in [-0.3, -0.25) is 4.79 Å². The lowest BCUT2D eigenvalue weighted by atomic mass is 10.2. The van der Waals surface area contributed by atoms with E-state index in [-0.39, 0.29) is 24.4 Å². The van der Waals surface area contributed by atoms with Gasteiger partial charge >= 0.3 is 6.09 Å². The van der Waals surface area contributed by atoms with Crippen LogP contribution < -0.4 is 5.32 Å². The highest BCUT2D eigenvalue weighted by molar-refractivity contribution is 6.27. The number of rotatable bonds is 4. The molecule has 2 rings (SSSR count). The van der Waals surface area contributed by atoms with E-state index in [2.05, 4.69) is 5.32 Å². The Morgan fingerprint density at radius 3 is 2.80 bits per heavy atom. The number of alkyl carbamates (subject to hydrolysis) is 1. The van der Waals surface area contributed by atoms with Gasteiger partial charge in [0.1, 0.15) is 12.5 Å². The number of halogens is 1. The van der Waals surface area contributed by atoms with Crippen LogP contribution in [0.25, 0.3) is 0 Å². The van der Waals surface area contributed by atoms with E-state index in [0.717, 1.165) is 12.0 Å². The maximum absolute atomic E-state index is 11.7. The van der Waals surface area contributed by atoms with Crippen LogP contribution in [0.5, 0.6) is 0 Å². The lowest BCUT2D eigenvalue weighted by molar-refractivity contribution is -0.127. The second-order valence-corrected chi connectivity index (χ2v) is 4.93. The molecule has 20 heavy (non-hydrogen) atoms. The molecule has 1 N–H and O–H groups in total. The van der Waals surface area contributed by atoms with Gasteiger partial charge in [0.05, 0.1) is 6.04 Å². The third-order valence-corrected chi connectivity index (χ3v) is 3.42. The predicted octanol–water partition coefficient (Wildman–Crippen LogP) is 1.75. The first kappa shape index (κ1) is 14.7. The summed E-state index contributed by atoms with van der Waals surface area (Å²) < 4.78 is 5.13. The van der Waals surface area contributed by atoms with Gasteiger partial charge in [0, 0.05) is 13.1 Å². The van der Waals surface area contributed by atoms with Crippen LogP contribution in [0.2, 0.25) is 0 Å². The molecule has 1 atom stereocenters. The van der Waals surface area contributed by atoms with Gasteiger partial charge in [-0.05, 0) is 12.0 Å². The Labute approximate surface area is 122 Å². The van der Waals surface area contributed by atoms with Gasteiger partial charge in [-0.15, -0.1) is 11.6 Å². The number of nitrogens with one attached hydrogen (secondary N) is 1. The molecule has 1 saturated heterocycles. The molecule has 1 heterocycles. The molecule has 1 fully saturated rings. The highest BCUT2D eigenvalue weighted by atomic mass is 35.5. The van der Waals surface area contributed by atoms with E-state index in [0.29, 0.717) is 13.1 Å². The lowest BCUT2D eigenvalue weighted by Gasteiger charge is -2.15. The molecule has 0 spiro atoms. The number of nitrogens with zero attached hydrogens (tertiary/aromatic N) is 1. The Kier molecular flexibility index (Phi) is 5.24. The van der Waals surface area contributed by atoms with Gasteiger partial charge in [0.15, 0.2) is 0 Å². The molecular weight excluding hydrogens is 280 g/mol. The van der Waals surface area contributed by atoms with Crippen LogP contribution in [-0.4, -0.2) is 41.9 Å². The van der Waals surface area contributed by atoms with E-state index >= 15 is 0 Å². The van der Waals surface area contributed by atoms with Gasteiger partial charge in [0.2, 0.25) is 5.91 Å². The monoisotopic (exact) mass is 296 g/mol. The van der Waals surface area contributed by atoms with Crippen LogP contribution in [0.4, 0.5) is 4.79 Å². The average Bonchev–Trinajstić information content (AvgIpc) is 2.94. The number of hydrogen-bond donors (Lipinski definition) is 1. The fourth-order valence-corrected chi connectivity index (χ4v) is 2.29. The van der Waals surface area contributed by atoms with Crippen molar-refractivity contribution in [1.29, 1.82) is 0 Å². The van der Waals surface area contributed by atoms with Crippen molar-refractivity contribution in [1.82, 2.24) is 10.2 Å². The Bertz CT molecular complexity index is 467. The third-order valence-electron chi connectivity index (χ3n) is 3.19. The number of hydrogen-bond acceptors (Lipinski definition) is 3. The SMILES string of the molecule is O=C(N[C@H]1CCN(C(=O)CCl)C1)OCc1ccccc1. The van der Waals surface area contributed by atoms with Gasteiger partial charge in [-0.1, -0.05) is 30.3 Å². The van der Waals surface area contributed by atoms with Gasteiger partial charge in [-0.25, -0.2) is 4.79 Å². The van der Waals surface area contributed by atoms with Gasteiger partial charge in [0.25, 0.3) is 0 Å². The minimum Gasteiger partial charge on any atom is -0.445 e. The fourth-order valence-electron chi connectivity index (χ4n) is 2.12. The maximum Gasteiger partial charge on any atom is 0.407 e. The largest absolute Gasteiger partial charge is 0.445 e. The van der Waals surface area contributed by atoms with Crippen LogP contribution in [0, 0.1) is 0 Å². The Hall–Kier alpha value is -1.75. The molecule has 5 nitrogen and oxygen atoms in total. The highest BCUT2D eigenvalue weighted by Crippen LogP contribution is 2.10. The molecule has 0 aromatic heterocycles. The van der Waals surface area contributed by atoms with Crippen molar-refractivity contribution in [3.8, 4) is 0 Å². The first-order valence-corrected chi connectivity index (χ1v) is 7.03. The second-order valence-electron chi connectivity index (χ2n) is 4.67. The van der Waals surface area contributed by atoms with Gasteiger partial charge < -0.3 is 15.0 Å². The second kappa shape index (κ2) is 7.14. The molecule has 0 aliphatic carbocycles.